The first-order valence-electron chi connectivity index (χ1n) is 5.35. The molecule has 0 spiro atoms. The summed E-state index contributed by atoms with van der Waals surface area (Å²) >= 11 is 0. The molecule has 0 aromatic heterocycles. The van der Waals surface area contributed by atoms with Gasteiger partial charge in [0.05, 0.1) is 6.04 Å². The molecule has 1 unspecified atom stereocenters. The normalized spacial score (nSPS) is 29.5. The SMILES string of the molecule is CN1CCCC1C(=O)NC1(C(F)F)CC1. The Hall–Kier alpha value is -0.710. The monoisotopic (exact) mass is 218 g/mol. The molecule has 1 aliphatic heterocycles. The van der Waals surface area contributed by atoms with Gasteiger partial charge >= 0.3 is 0 Å². The average Bonchev–Trinajstić information content (AvgIpc) is 2.82. The fourth-order valence-corrected chi connectivity index (χ4v) is 2.10. The number of alkyl halides is 2. The molecule has 1 atom stereocenters. The van der Waals surface area contributed by atoms with Gasteiger partial charge in [-0.3, -0.25) is 9.69 Å². The van der Waals surface area contributed by atoms with Gasteiger partial charge in [-0.15, -0.1) is 0 Å². The van der Waals surface area contributed by atoms with E-state index in [1.807, 2.05) is 11.9 Å². The Bertz CT molecular complexity index is 266. The topological polar surface area (TPSA) is 32.3 Å². The molecular weight excluding hydrogens is 202 g/mol. The highest BCUT2D eigenvalue weighted by molar-refractivity contribution is 5.83. The van der Waals surface area contributed by atoms with Crippen LogP contribution in [0, 0.1) is 0 Å². The molecule has 2 rings (SSSR count). The van der Waals surface area contributed by atoms with Crippen molar-refractivity contribution in [3.63, 3.8) is 0 Å². The lowest BCUT2D eigenvalue weighted by molar-refractivity contribution is -0.127. The van der Waals surface area contributed by atoms with Gasteiger partial charge < -0.3 is 5.32 Å². The number of hydrogen-bond acceptors (Lipinski definition) is 2. The number of likely N-dealkylation sites (N-methyl/N-ethyl adjacent to an activating group) is 1. The Balaban J connectivity index is 1.92. The second kappa shape index (κ2) is 3.70. The Morgan fingerprint density at radius 2 is 2.20 bits per heavy atom. The number of nitrogens with zero attached hydrogens (tertiary/aromatic N) is 1. The number of amides is 1. The van der Waals surface area contributed by atoms with Crippen LogP contribution >= 0.6 is 0 Å². The first kappa shape index (κ1) is 10.8. The van der Waals surface area contributed by atoms with Gasteiger partial charge in [0, 0.05) is 0 Å². The van der Waals surface area contributed by atoms with Crippen LogP contribution in [0.3, 0.4) is 0 Å². The van der Waals surface area contributed by atoms with E-state index >= 15 is 0 Å². The highest BCUT2D eigenvalue weighted by atomic mass is 19.3. The van der Waals surface area contributed by atoms with Crippen LogP contribution in [0.15, 0.2) is 0 Å². The zero-order valence-electron chi connectivity index (χ0n) is 8.80. The van der Waals surface area contributed by atoms with Crippen LogP contribution in [-0.4, -0.2) is 42.4 Å². The smallest absolute Gasteiger partial charge is 0.261 e. The largest absolute Gasteiger partial charge is 0.344 e. The third kappa shape index (κ3) is 1.97. The Kier molecular flexibility index (Phi) is 2.66. The van der Waals surface area contributed by atoms with E-state index in [1.165, 1.54) is 0 Å². The Morgan fingerprint density at radius 1 is 1.53 bits per heavy atom. The molecule has 0 radical (unpaired) electrons. The van der Waals surface area contributed by atoms with Crippen molar-refractivity contribution in [2.75, 3.05) is 13.6 Å². The molecule has 1 heterocycles. The lowest BCUT2D eigenvalue weighted by Crippen LogP contribution is -2.49. The van der Waals surface area contributed by atoms with E-state index in [9.17, 15) is 13.6 Å². The van der Waals surface area contributed by atoms with Gasteiger partial charge in [0.15, 0.2) is 0 Å². The van der Waals surface area contributed by atoms with Crippen LogP contribution in [0.25, 0.3) is 0 Å². The Morgan fingerprint density at radius 3 is 2.60 bits per heavy atom. The van der Waals surface area contributed by atoms with Crippen LogP contribution < -0.4 is 5.32 Å². The highest BCUT2D eigenvalue weighted by Gasteiger charge is 2.53. The fraction of sp³-hybridized carbons (Fsp3) is 0.900. The maximum Gasteiger partial charge on any atom is 0.261 e. The number of halogens is 2. The molecule has 2 aliphatic rings. The van der Waals surface area contributed by atoms with E-state index in [0.29, 0.717) is 12.8 Å². The van der Waals surface area contributed by atoms with Gasteiger partial charge in [-0.2, -0.15) is 0 Å². The fourth-order valence-electron chi connectivity index (χ4n) is 2.10. The minimum absolute atomic E-state index is 0.207. The second-order valence-corrected chi connectivity index (χ2v) is 4.58. The minimum Gasteiger partial charge on any atom is -0.344 e. The van der Waals surface area contributed by atoms with Crippen molar-refractivity contribution >= 4 is 5.91 Å². The summed E-state index contributed by atoms with van der Waals surface area (Å²) in [7, 11) is 1.86. The number of carbonyl (C=O) groups is 1. The van der Waals surface area contributed by atoms with Gasteiger partial charge in [-0.1, -0.05) is 0 Å². The molecule has 1 saturated carbocycles. The van der Waals surface area contributed by atoms with Crippen LogP contribution in [0.4, 0.5) is 8.78 Å². The molecule has 1 amide bonds. The molecule has 3 nitrogen and oxygen atoms in total. The van der Waals surface area contributed by atoms with Crippen molar-refractivity contribution in [1.82, 2.24) is 10.2 Å². The van der Waals surface area contributed by atoms with Gasteiger partial charge in [-0.25, -0.2) is 8.78 Å². The maximum atomic E-state index is 12.6. The van der Waals surface area contributed by atoms with Crippen molar-refractivity contribution in [1.29, 1.82) is 0 Å². The summed E-state index contributed by atoms with van der Waals surface area (Å²) in [6.45, 7) is 0.875. The summed E-state index contributed by atoms with van der Waals surface area (Å²) in [4.78, 5) is 13.7. The van der Waals surface area contributed by atoms with E-state index in [0.717, 1.165) is 19.4 Å². The molecule has 5 heteroatoms. The summed E-state index contributed by atoms with van der Waals surface area (Å²) in [6, 6.07) is -0.207. The summed E-state index contributed by atoms with van der Waals surface area (Å²) in [5.74, 6) is -0.229. The quantitative estimate of drug-likeness (QED) is 0.766. The standard InChI is InChI=1S/C10H16F2N2O/c1-14-6-2-3-7(14)8(15)13-10(4-5-10)9(11)12/h7,9H,2-6H2,1H3,(H,13,15). The molecular formula is C10H16F2N2O. The number of nitrogens with one attached hydrogen (secondary N) is 1. The molecule has 1 aliphatic carbocycles. The van der Waals surface area contributed by atoms with Crippen molar-refractivity contribution in [2.24, 2.45) is 0 Å². The summed E-state index contributed by atoms with van der Waals surface area (Å²) in [5, 5.41) is 2.51. The minimum atomic E-state index is -2.44. The van der Waals surface area contributed by atoms with Crippen LogP contribution in [0.5, 0.6) is 0 Å². The maximum absolute atomic E-state index is 12.6. The number of likely N-dealkylation sites (tertiary alicyclic amines) is 1. The average molecular weight is 218 g/mol. The molecule has 0 bridgehead atoms. The predicted molar refractivity (Wildman–Crippen MR) is 51.8 cm³/mol. The summed E-state index contributed by atoms with van der Waals surface area (Å²) in [5.41, 5.74) is -1.19. The number of carbonyl (C=O) groups excluding carboxylic acids is 1. The summed E-state index contributed by atoms with van der Waals surface area (Å²) in [6.07, 6.45) is 0.130. The van der Waals surface area contributed by atoms with Gasteiger partial charge in [0.25, 0.3) is 6.43 Å². The number of rotatable bonds is 3. The van der Waals surface area contributed by atoms with Gasteiger partial charge in [-0.05, 0) is 39.3 Å². The molecule has 1 saturated heterocycles. The first-order valence-corrected chi connectivity index (χ1v) is 5.35. The van der Waals surface area contributed by atoms with E-state index in [1.54, 1.807) is 0 Å². The van der Waals surface area contributed by atoms with Crippen molar-refractivity contribution in [3.8, 4) is 0 Å². The predicted octanol–water partition coefficient (Wildman–Crippen LogP) is 0.994. The summed E-state index contributed by atoms with van der Waals surface area (Å²) < 4.78 is 25.2. The van der Waals surface area contributed by atoms with Crippen LogP contribution in [0.2, 0.25) is 0 Å². The lowest BCUT2D eigenvalue weighted by Gasteiger charge is -2.23. The molecule has 0 aromatic rings. The lowest BCUT2D eigenvalue weighted by atomic mass is 10.2. The molecule has 86 valence electrons. The zero-order valence-corrected chi connectivity index (χ0v) is 8.80. The van der Waals surface area contributed by atoms with E-state index in [4.69, 9.17) is 0 Å². The van der Waals surface area contributed by atoms with E-state index in [2.05, 4.69) is 5.32 Å². The van der Waals surface area contributed by atoms with Crippen LogP contribution in [0.1, 0.15) is 25.7 Å². The van der Waals surface area contributed by atoms with Crippen molar-refractivity contribution < 1.29 is 13.6 Å². The Labute approximate surface area is 87.8 Å². The van der Waals surface area contributed by atoms with Gasteiger partial charge in [0.1, 0.15) is 5.54 Å². The molecule has 15 heavy (non-hydrogen) atoms. The van der Waals surface area contributed by atoms with Gasteiger partial charge in [0.2, 0.25) is 5.91 Å². The number of hydrogen-bond donors (Lipinski definition) is 1. The molecule has 0 aromatic carbocycles. The van der Waals surface area contributed by atoms with E-state index < -0.39 is 12.0 Å². The molecule has 2 fully saturated rings. The van der Waals surface area contributed by atoms with Crippen LogP contribution in [-0.2, 0) is 4.79 Å². The third-order valence-electron chi connectivity index (χ3n) is 3.40. The van der Waals surface area contributed by atoms with Crippen molar-refractivity contribution in [2.45, 2.75) is 43.7 Å². The van der Waals surface area contributed by atoms with E-state index in [-0.39, 0.29) is 11.9 Å². The third-order valence-corrected chi connectivity index (χ3v) is 3.40. The zero-order chi connectivity index (χ0) is 11.1. The first-order chi connectivity index (χ1) is 7.05. The second-order valence-electron chi connectivity index (χ2n) is 4.58. The highest BCUT2D eigenvalue weighted by Crippen LogP contribution is 2.41. The molecule has 1 N–H and O–H groups in total. The van der Waals surface area contributed by atoms with Crippen molar-refractivity contribution in [3.05, 3.63) is 0 Å².